The second-order valence-electron chi connectivity index (χ2n) is 4.24. The van der Waals surface area contributed by atoms with E-state index in [1.54, 1.807) is 0 Å². The summed E-state index contributed by atoms with van der Waals surface area (Å²) in [4.78, 5) is 0. The van der Waals surface area contributed by atoms with Crippen LogP contribution in [0.5, 0.6) is 0 Å². The summed E-state index contributed by atoms with van der Waals surface area (Å²) in [7, 11) is 0. The standard InChI is InChI=1S/C12H14F3NO.ClH/c13-9-2-1-8(10(14)11(9)15)12(16)7-3-5-17-6-4-7;/h1-2,7,12H,3-6,16H2;1H/t12-;/m1./s1. The van der Waals surface area contributed by atoms with Crippen molar-refractivity contribution in [2.45, 2.75) is 18.9 Å². The summed E-state index contributed by atoms with van der Waals surface area (Å²) in [6.07, 6.45) is 1.42. The van der Waals surface area contributed by atoms with Gasteiger partial charge in [0.2, 0.25) is 0 Å². The van der Waals surface area contributed by atoms with E-state index < -0.39 is 23.5 Å². The highest BCUT2D eigenvalue weighted by Crippen LogP contribution is 2.30. The van der Waals surface area contributed by atoms with Crippen LogP contribution in [0, 0.1) is 23.4 Å². The summed E-state index contributed by atoms with van der Waals surface area (Å²) in [6, 6.07) is 1.51. The van der Waals surface area contributed by atoms with Crippen LogP contribution in [0.2, 0.25) is 0 Å². The van der Waals surface area contributed by atoms with Crippen molar-refractivity contribution in [2.75, 3.05) is 13.2 Å². The fourth-order valence-electron chi connectivity index (χ4n) is 2.13. The lowest BCUT2D eigenvalue weighted by Crippen LogP contribution is -2.28. The third-order valence-electron chi connectivity index (χ3n) is 3.20. The van der Waals surface area contributed by atoms with Crippen molar-refractivity contribution in [3.05, 3.63) is 35.1 Å². The van der Waals surface area contributed by atoms with Crippen LogP contribution >= 0.6 is 12.4 Å². The minimum Gasteiger partial charge on any atom is -0.381 e. The molecule has 18 heavy (non-hydrogen) atoms. The first-order valence-corrected chi connectivity index (χ1v) is 5.58. The molecule has 0 aliphatic carbocycles. The molecular formula is C12H15ClF3NO. The number of benzene rings is 1. The minimum absolute atomic E-state index is 0. The van der Waals surface area contributed by atoms with Crippen molar-refractivity contribution in [3.8, 4) is 0 Å². The van der Waals surface area contributed by atoms with Gasteiger partial charge in [-0.05, 0) is 24.8 Å². The molecule has 1 saturated heterocycles. The molecule has 1 aliphatic rings. The predicted molar refractivity (Wildman–Crippen MR) is 64.0 cm³/mol. The van der Waals surface area contributed by atoms with Crippen LogP contribution < -0.4 is 5.73 Å². The molecule has 2 nitrogen and oxygen atoms in total. The number of hydrogen-bond acceptors (Lipinski definition) is 2. The van der Waals surface area contributed by atoms with E-state index in [0.717, 1.165) is 6.07 Å². The van der Waals surface area contributed by atoms with E-state index in [1.807, 2.05) is 0 Å². The number of nitrogens with two attached hydrogens (primary N) is 1. The van der Waals surface area contributed by atoms with Gasteiger partial charge in [0, 0.05) is 24.8 Å². The molecular weight excluding hydrogens is 267 g/mol. The van der Waals surface area contributed by atoms with Gasteiger partial charge in [0.05, 0.1) is 0 Å². The third-order valence-corrected chi connectivity index (χ3v) is 3.20. The van der Waals surface area contributed by atoms with Gasteiger partial charge in [-0.2, -0.15) is 0 Å². The van der Waals surface area contributed by atoms with Gasteiger partial charge in [0.15, 0.2) is 17.5 Å². The average Bonchev–Trinajstić information content (AvgIpc) is 2.36. The number of hydrogen-bond donors (Lipinski definition) is 1. The van der Waals surface area contributed by atoms with Crippen LogP contribution in [0.1, 0.15) is 24.4 Å². The molecule has 1 fully saturated rings. The van der Waals surface area contributed by atoms with Crippen molar-refractivity contribution in [1.82, 2.24) is 0 Å². The summed E-state index contributed by atoms with van der Waals surface area (Å²) in [6.45, 7) is 1.15. The SMILES string of the molecule is Cl.N[C@@H](c1ccc(F)c(F)c1F)C1CCOCC1. The lowest BCUT2D eigenvalue weighted by molar-refractivity contribution is 0.0579. The molecule has 0 saturated carbocycles. The summed E-state index contributed by atoms with van der Waals surface area (Å²) in [5.74, 6) is -3.78. The van der Waals surface area contributed by atoms with Crippen LogP contribution in [0.3, 0.4) is 0 Å². The molecule has 1 atom stereocenters. The van der Waals surface area contributed by atoms with Crippen LogP contribution in [-0.4, -0.2) is 13.2 Å². The molecule has 0 amide bonds. The minimum atomic E-state index is -1.45. The van der Waals surface area contributed by atoms with E-state index in [1.165, 1.54) is 6.07 Å². The average molecular weight is 282 g/mol. The van der Waals surface area contributed by atoms with Crippen LogP contribution in [0.4, 0.5) is 13.2 Å². The first kappa shape index (κ1) is 15.3. The van der Waals surface area contributed by atoms with E-state index in [9.17, 15) is 13.2 Å². The van der Waals surface area contributed by atoms with E-state index in [2.05, 4.69) is 0 Å². The maximum atomic E-state index is 13.5. The quantitative estimate of drug-likeness (QED) is 0.846. The molecule has 0 radical (unpaired) electrons. The van der Waals surface area contributed by atoms with Crippen molar-refractivity contribution < 1.29 is 17.9 Å². The molecule has 1 aromatic carbocycles. The monoisotopic (exact) mass is 281 g/mol. The molecule has 1 aliphatic heterocycles. The second-order valence-corrected chi connectivity index (χ2v) is 4.24. The third kappa shape index (κ3) is 2.96. The Bertz CT molecular complexity index is 411. The Balaban J connectivity index is 0.00000162. The molecule has 0 unspecified atom stereocenters. The zero-order chi connectivity index (χ0) is 12.4. The summed E-state index contributed by atoms with van der Waals surface area (Å²) >= 11 is 0. The van der Waals surface area contributed by atoms with Crippen LogP contribution in [-0.2, 0) is 4.74 Å². The van der Waals surface area contributed by atoms with Crippen molar-refractivity contribution in [3.63, 3.8) is 0 Å². The van der Waals surface area contributed by atoms with Gasteiger partial charge in [-0.1, -0.05) is 6.07 Å². The second kappa shape index (κ2) is 6.41. The Hall–Kier alpha value is -0.780. The lowest BCUT2D eigenvalue weighted by atomic mass is 9.87. The molecule has 1 heterocycles. The van der Waals surface area contributed by atoms with Gasteiger partial charge < -0.3 is 10.5 Å². The highest BCUT2D eigenvalue weighted by Gasteiger charge is 2.26. The Labute approximate surface area is 110 Å². The van der Waals surface area contributed by atoms with Gasteiger partial charge in [-0.15, -0.1) is 12.4 Å². The zero-order valence-corrected chi connectivity index (χ0v) is 10.5. The number of rotatable bonds is 2. The molecule has 2 N–H and O–H groups in total. The number of ether oxygens (including phenoxy) is 1. The normalized spacial score (nSPS) is 18.2. The fourth-order valence-corrected chi connectivity index (χ4v) is 2.13. The predicted octanol–water partition coefficient (Wildman–Crippen LogP) is 2.95. The Morgan fingerprint density at radius 1 is 1.11 bits per heavy atom. The molecule has 6 heteroatoms. The maximum Gasteiger partial charge on any atom is 0.194 e. The summed E-state index contributed by atoms with van der Waals surface area (Å²) in [5, 5.41) is 0. The molecule has 102 valence electrons. The van der Waals surface area contributed by atoms with Crippen molar-refractivity contribution >= 4 is 12.4 Å². The first-order chi connectivity index (χ1) is 8.11. The van der Waals surface area contributed by atoms with Crippen molar-refractivity contribution in [2.24, 2.45) is 11.7 Å². The van der Waals surface area contributed by atoms with E-state index in [-0.39, 0.29) is 23.9 Å². The van der Waals surface area contributed by atoms with Gasteiger partial charge in [0.1, 0.15) is 0 Å². The number of halogens is 4. The highest BCUT2D eigenvalue weighted by atomic mass is 35.5. The molecule has 0 aromatic heterocycles. The summed E-state index contributed by atoms with van der Waals surface area (Å²) < 4.78 is 44.6. The van der Waals surface area contributed by atoms with E-state index in [0.29, 0.717) is 26.1 Å². The fraction of sp³-hybridized carbons (Fsp3) is 0.500. The lowest BCUT2D eigenvalue weighted by Gasteiger charge is -2.28. The van der Waals surface area contributed by atoms with Gasteiger partial charge in [0.25, 0.3) is 0 Å². The molecule has 1 aromatic rings. The Morgan fingerprint density at radius 3 is 2.33 bits per heavy atom. The topological polar surface area (TPSA) is 35.2 Å². The molecule has 2 rings (SSSR count). The van der Waals surface area contributed by atoms with Crippen molar-refractivity contribution in [1.29, 1.82) is 0 Å². The highest BCUT2D eigenvalue weighted by molar-refractivity contribution is 5.85. The Kier molecular flexibility index (Phi) is 5.44. The largest absolute Gasteiger partial charge is 0.381 e. The van der Waals surface area contributed by atoms with Crippen LogP contribution in [0.15, 0.2) is 12.1 Å². The Morgan fingerprint density at radius 2 is 1.72 bits per heavy atom. The zero-order valence-electron chi connectivity index (χ0n) is 9.67. The van der Waals surface area contributed by atoms with Gasteiger partial charge in [-0.3, -0.25) is 0 Å². The van der Waals surface area contributed by atoms with E-state index in [4.69, 9.17) is 10.5 Å². The molecule has 0 spiro atoms. The van der Waals surface area contributed by atoms with E-state index >= 15 is 0 Å². The van der Waals surface area contributed by atoms with Gasteiger partial charge in [-0.25, -0.2) is 13.2 Å². The molecule has 0 bridgehead atoms. The van der Waals surface area contributed by atoms with Gasteiger partial charge >= 0.3 is 0 Å². The summed E-state index contributed by atoms with van der Waals surface area (Å²) in [5.41, 5.74) is 5.94. The maximum absolute atomic E-state index is 13.5. The first-order valence-electron chi connectivity index (χ1n) is 5.58. The van der Waals surface area contributed by atoms with Crippen LogP contribution in [0.25, 0.3) is 0 Å². The smallest absolute Gasteiger partial charge is 0.194 e.